The Labute approximate surface area is 169 Å². The van der Waals surface area contributed by atoms with Crippen molar-refractivity contribution < 1.29 is 22.7 Å². The molecule has 0 saturated heterocycles. The van der Waals surface area contributed by atoms with Crippen LogP contribution in [0.4, 0.5) is 13.2 Å². The van der Waals surface area contributed by atoms with Gasteiger partial charge in [-0.05, 0) is 31.9 Å². The molecule has 29 heavy (non-hydrogen) atoms. The number of nitrogens with zero attached hydrogens (tertiary/aromatic N) is 2. The number of benzene rings is 1. The number of carbonyl (C=O) groups excluding carboxylic acids is 1. The van der Waals surface area contributed by atoms with Crippen LogP contribution in [0.2, 0.25) is 0 Å². The molecular weight excluding hydrogens is 385 g/mol. The maximum Gasteiger partial charge on any atom is 0.387 e. The highest BCUT2D eigenvalue weighted by atomic mass is 19.3. The van der Waals surface area contributed by atoms with Gasteiger partial charge in [-0.25, -0.2) is 9.38 Å². The topological polar surface area (TPSA) is 66.0 Å². The van der Waals surface area contributed by atoms with Gasteiger partial charge in [0.2, 0.25) is 5.91 Å². The standard InChI is InChI=1S/C20H29F3N4O2/c1-4-24-19(26-13-20(10-5-6-11-20)17(28)27(2)3)25-12-14-15(21)8-7-9-16(14)29-18(22)23/h7-9,18H,4-6,10-13H2,1-3H3,(H2,24,25,26). The van der Waals surface area contributed by atoms with Gasteiger partial charge >= 0.3 is 6.61 Å². The minimum absolute atomic E-state index is 0.0510. The van der Waals surface area contributed by atoms with E-state index < -0.39 is 17.8 Å². The second-order valence-electron chi connectivity index (χ2n) is 7.33. The average Bonchev–Trinajstić information content (AvgIpc) is 3.14. The van der Waals surface area contributed by atoms with Gasteiger partial charge in [0.25, 0.3) is 0 Å². The number of nitrogens with one attached hydrogen (secondary N) is 2. The quantitative estimate of drug-likeness (QED) is 0.507. The van der Waals surface area contributed by atoms with Crippen LogP contribution in [0.3, 0.4) is 0 Å². The van der Waals surface area contributed by atoms with Crippen LogP contribution in [0.1, 0.15) is 38.2 Å². The molecule has 1 aliphatic carbocycles. The Balaban J connectivity index is 2.16. The predicted octanol–water partition coefficient (Wildman–Crippen LogP) is 3.13. The molecule has 1 amide bonds. The Hall–Kier alpha value is -2.45. The molecule has 0 atom stereocenters. The smallest absolute Gasteiger partial charge is 0.387 e. The zero-order valence-corrected chi connectivity index (χ0v) is 17.1. The summed E-state index contributed by atoms with van der Waals surface area (Å²) in [7, 11) is 3.48. The van der Waals surface area contributed by atoms with Gasteiger partial charge in [0.15, 0.2) is 5.96 Å². The van der Waals surface area contributed by atoms with E-state index >= 15 is 0 Å². The van der Waals surface area contributed by atoms with Gasteiger partial charge in [-0.15, -0.1) is 0 Å². The van der Waals surface area contributed by atoms with Crippen LogP contribution in [0.25, 0.3) is 0 Å². The first-order chi connectivity index (χ1) is 13.8. The second kappa shape index (κ2) is 10.4. The van der Waals surface area contributed by atoms with E-state index in [1.54, 1.807) is 19.0 Å². The number of hydrogen-bond acceptors (Lipinski definition) is 3. The highest BCUT2D eigenvalue weighted by Crippen LogP contribution is 2.38. The van der Waals surface area contributed by atoms with E-state index in [-0.39, 0.29) is 23.8 Å². The van der Waals surface area contributed by atoms with Gasteiger partial charge in [-0.1, -0.05) is 18.9 Å². The number of rotatable bonds is 8. The number of carbonyl (C=O) groups is 1. The molecular formula is C20H29F3N4O2. The number of halogens is 3. The molecule has 0 heterocycles. The maximum absolute atomic E-state index is 14.1. The van der Waals surface area contributed by atoms with Gasteiger partial charge in [-0.3, -0.25) is 4.79 Å². The van der Waals surface area contributed by atoms with E-state index in [1.807, 2.05) is 6.92 Å². The first kappa shape index (κ1) is 22.8. The van der Waals surface area contributed by atoms with Crippen LogP contribution in [0.15, 0.2) is 23.2 Å². The summed E-state index contributed by atoms with van der Waals surface area (Å²) in [5.41, 5.74) is -0.549. The van der Waals surface area contributed by atoms with Crippen LogP contribution >= 0.6 is 0 Å². The largest absolute Gasteiger partial charge is 0.434 e. The van der Waals surface area contributed by atoms with Crippen molar-refractivity contribution >= 4 is 11.9 Å². The zero-order chi connectivity index (χ0) is 21.4. The van der Waals surface area contributed by atoms with Crippen molar-refractivity contribution in [3.63, 3.8) is 0 Å². The Morgan fingerprint density at radius 1 is 1.28 bits per heavy atom. The summed E-state index contributed by atoms with van der Waals surface area (Å²) in [5, 5.41) is 6.21. The second-order valence-corrected chi connectivity index (χ2v) is 7.33. The molecule has 2 N–H and O–H groups in total. The van der Waals surface area contributed by atoms with Gasteiger partial charge in [-0.2, -0.15) is 8.78 Å². The van der Waals surface area contributed by atoms with Crippen LogP contribution in [0.5, 0.6) is 5.75 Å². The fraction of sp³-hybridized carbons (Fsp3) is 0.600. The number of ether oxygens (including phenoxy) is 1. The van der Waals surface area contributed by atoms with E-state index in [4.69, 9.17) is 0 Å². The van der Waals surface area contributed by atoms with Crippen LogP contribution in [-0.4, -0.2) is 50.6 Å². The van der Waals surface area contributed by atoms with E-state index in [2.05, 4.69) is 20.4 Å². The monoisotopic (exact) mass is 414 g/mol. The Morgan fingerprint density at radius 3 is 2.55 bits per heavy atom. The average molecular weight is 414 g/mol. The third kappa shape index (κ3) is 6.01. The molecule has 2 rings (SSSR count). The molecule has 0 unspecified atom stereocenters. The molecule has 1 saturated carbocycles. The highest BCUT2D eigenvalue weighted by molar-refractivity contribution is 5.85. The molecule has 162 valence electrons. The van der Waals surface area contributed by atoms with Crippen molar-refractivity contribution in [2.75, 3.05) is 27.2 Å². The Bertz CT molecular complexity index is 720. The Morgan fingerprint density at radius 2 is 1.97 bits per heavy atom. The fourth-order valence-corrected chi connectivity index (χ4v) is 3.64. The van der Waals surface area contributed by atoms with E-state index in [1.165, 1.54) is 18.2 Å². The lowest BCUT2D eigenvalue weighted by Crippen LogP contribution is -2.49. The van der Waals surface area contributed by atoms with Crippen molar-refractivity contribution in [1.82, 2.24) is 15.5 Å². The van der Waals surface area contributed by atoms with Gasteiger partial charge in [0.1, 0.15) is 11.6 Å². The van der Waals surface area contributed by atoms with Crippen molar-refractivity contribution in [2.24, 2.45) is 10.4 Å². The summed E-state index contributed by atoms with van der Waals surface area (Å²) < 4.78 is 43.7. The first-order valence-corrected chi connectivity index (χ1v) is 9.75. The predicted molar refractivity (Wildman–Crippen MR) is 105 cm³/mol. The van der Waals surface area contributed by atoms with Crippen LogP contribution in [-0.2, 0) is 11.3 Å². The number of amides is 1. The third-order valence-electron chi connectivity index (χ3n) is 5.05. The molecule has 9 heteroatoms. The first-order valence-electron chi connectivity index (χ1n) is 9.75. The number of guanidine groups is 1. The van der Waals surface area contributed by atoms with Gasteiger partial charge in [0.05, 0.1) is 17.5 Å². The molecule has 1 aromatic carbocycles. The maximum atomic E-state index is 14.1. The van der Waals surface area contributed by atoms with Gasteiger partial charge in [0, 0.05) is 27.2 Å². The molecule has 1 aliphatic rings. The number of hydrogen-bond donors (Lipinski definition) is 2. The minimum Gasteiger partial charge on any atom is -0.434 e. The lowest BCUT2D eigenvalue weighted by Gasteiger charge is -2.31. The van der Waals surface area contributed by atoms with Crippen molar-refractivity contribution in [2.45, 2.75) is 45.8 Å². The molecule has 0 aromatic heterocycles. The molecule has 0 bridgehead atoms. The molecule has 1 fully saturated rings. The summed E-state index contributed by atoms with van der Waals surface area (Å²) in [5.74, 6) is -0.455. The Kier molecular flexibility index (Phi) is 8.16. The number of aliphatic imine (C=N–C) groups is 1. The van der Waals surface area contributed by atoms with Gasteiger partial charge < -0.3 is 20.3 Å². The SMILES string of the molecule is CCNC(=NCc1c(F)cccc1OC(F)F)NCC1(C(=O)N(C)C)CCCC1. The normalized spacial score (nSPS) is 16.0. The lowest BCUT2D eigenvalue weighted by atomic mass is 9.84. The summed E-state index contributed by atoms with van der Waals surface area (Å²) in [6.45, 7) is -0.406. The summed E-state index contributed by atoms with van der Waals surface area (Å²) >= 11 is 0. The van der Waals surface area contributed by atoms with Crippen molar-refractivity contribution in [3.05, 3.63) is 29.6 Å². The lowest BCUT2D eigenvalue weighted by molar-refractivity contribution is -0.138. The highest BCUT2D eigenvalue weighted by Gasteiger charge is 2.42. The molecule has 0 aliphatic heterocycles. The summed E-state index contributed by atoms with van der Waals surface area (Å²) in [6, 6.07) is 3.76. The zero-order valence-electron chi connectivity index (χ0n) is 17.1. The van der Waals surface area contributed by atoms with E-state index in [9.17, 15) is 18.0 Å². The van der Waals surface area contributed by atoms with Crippen LogP contribution < -0.4 is 15.4 Å². The molecule has 0 radical (unpaired) electrons. The minimum atomic E-state index is -3.05. The molecule has 0 spiro atoms. The molecule has 6 nitrogen and oxygen atoms in total. The fourth-order valence-electron chi connectivity index (χ4n) is 3.64. The summed E-state index contributed by atoms with van der Waals surface area (Å²) in [6.07, 6.45) is 3.54. The van der Waals surface area contributed by atoms with Crippen molar-refractivity contribution in [3.8, 4) is 5.75 Å². The van der Waals surface area contributed by atoms with E-state index in [0.717, 1.165) is 25.7 Å². The number of alkyl halides is 2. The van der Waals surface area contributed by atoms with E-state index in [0.29, 0.717) is 19.0 Å². The third-order valence-corrected chi connectivity index (χ3v) is 5.05. The molecule has 1 aromatic rings. The van der Waals surface area contributed by atoms with Crippen molar-refractivity contribution in [1.29, 1.82) is 0 Å². The summed E-state index contributed by atoms with van der Waals surface area (Å²) in [4.78, 5) is 18.6. The van der Waals surface area contributed by atoms with Crippen LogP contribution in [0, 0.1) is 11.2 Å².